The summed E-state index contributed by atoms with van der Waals surface area (Å²) in [6.07, 6.45) is 0. The molecule has 1 aromatic heterocycles. The van der Waals surface area contributed by atoms with Gasteiger partial charge in [0.1, 0.15) is 0 Å². The Hall–Kier alpha value is -8.46. The van der Waals surface area contributed by atoms with E-state index in [9.17, 15) is 0 Å². The van der Waals surface area contributed by atoms with Crippen molar-refractivity contribution in [3.8, 4) is 50.2 Å². The Morgan fingerprint density at radius 3 is 1.54 bits per heavy atom. The van der Waals surface area contributed by atoms with Crippen molar-refractivity contribution < 1.29 is 0 Å². The van der Waals surface area contributed by atoms with Gasteiger partial charge in [-0.2, -0.15) is 0 Å². The zero-order chi connectivity index (χ0) is 44.6. The number of hydrogen-bond acceptors (Lipinski definition) is 1. The number of nitrogens with zero attached hydrogens (tertiary/aromatic N) is 2. The fraction of sp³-hybridized carbons (Fsp3) is 0.0462. The zero-order valence-corrected chi connectivity index (χ0v) is 37.5. The quantitative estimate of drug-likeness (QED) is 0.155. The van der Waals surface area contributed by atoms with Crippen molar-refractivity contribution in [2.75, 3.05) is 4.90 Å². The summed E-state index contributed by atoms with van der Waals surface area (Å²) in [5, 5.41) is 7.53. The van der Waals surface area contributed by atoms with Crippen LogP contribution in [0.4, 0.5) is 17.1 Å². The lowest BCUT2D eigenvalue weighted by atomic mass is 9.82. The maximum absolute atomic E-state index is 2.47. The van der Waals surface area contributed by atoms with Gasteiger partial charge in [-0.3, -0.25) is 0 Å². The Kier molecular flexibility index (Phi) is 8.91. The lowest BCUT2D eigenvalue weighted by molar-refractivity contribution is 0.660. The van der Waals surface area contributed by atoms with E-state index in [0.717, 1.165) is 28.3 Å². The molecule has 316 valence electrons. The van der Waals surface area contributed by atoms with Crippen molar-refractivity contribution in [3.05, 3.63) is 254 Å². The van der Waals surface area contributed by atoms with Gasteiger partial charge in [0, 0.05) is 38.8 Å². The summed E-state index contributed by atoms with van der Waals surface area (Å²) in [4.78, 5) is 2.42. The number of benzene rings is 11. The molecule has 1 heterocycles. The number of anilines is 3. The van der Waals surface area contributed by atoms with Crippen LogP contribution in [0.25, 0.3) is 93.5 Å². The topological polar surface area (TPSA) is 8.17 Å². The Morgan fingerprint density at radius 1 is 0.328 bits per heavy atom. The summed E-state index contributed by atoms with van der Waals surface area (Å²) in [6.45, 7) is 4.72. The molecule has 13 rings (SSSR count). The molecule has 0 N–H and O–H groups in total. The van der Waals surface area contributed by atoms with Gasteiger partial charge in [0.15, 0.2) is 0 Å². The highest BCUT2D eigenvalue weighted by atomic mass is 15.1. The summed E-state index contributed by atoms with van der Waals surface area (Å²) in [5.41, 5.74) is 19.4. The fourth-order valence-electron chi connectivity index (χ4n) is 11.2. The van der Waals surface area contributed by atoms with Crippen LogP contribution < -0.4 is 4.90 Å². The average molecular weight is 855 g/mol. The van der Waals surface area contributed by atoms with Crippen LogP contribution in [0.1, 0.15) is 25.0 Å². The molecule has 0 amide bonds. The van der Waals surface area contributed by atoms with Crippen LogP contribution in [0.2, 0.25) is 0 Å². The summed E-state index contributed by atoms with van der Waals surface area (Å²) in [5.74, 6) is 0. The Morgan fingerprint density at radius 2 is 0.806 bits per heavy atom. The minimum atomic E-state index is -0.123. The second-order valence-electron chi connectivity index (χ2n) is 18.5. The molecule has 1 aliphatic rings. The minimum Gasteiger partial charge on any atom is -0.310 e. The smallest absolute Gasteiger partial charge is 0.0547 e. The SMILES string of the molecule is CC1(C)c2ccccc2-c2ccc(N(c3ccc(-c4ccccc4-n4c5ccccc5c5c(-c6cccc7ccccc67)cccc54)cc3)c3ccc(-c4cccc5ccccc45)cc3)cc21. The van der Waals surface area contributed by atoms with Gasteiger partial charge in [0.2, 0.25) is 0 Å². The van der Waals surface area contributed by atoms with Crippen molar-refractivity contribution in [1.82, 2.24) is 4.57 Å². The predicted molar refractivity (Wildman–Crippen MR) is 284 cm³/mol. The molecule has 0 aliphatic heterocycles. The van der Waals surface area contributed by atoms with E-state index in [1.165, 1.54) is 93.4 Å². The van der Waals surface area contributed by atoms with Gasteiger partial charge in [-0.25, -0.2) is 0 Å². The van der Waals surface area contributed by atoms with Crippen molar-refractivity contribution in [2.45, 2.75) is 19.3 Å². The van der Waals surface area contributed by atoms with Gasteiger partial charge in [-0.15, -0.1) is 0 Å². The first-order valence-electron chi connectivity index (χ1n) is 23.3. The Balaban J connectivity index is 0.940. The van der Waals surface area contributed by atoms with E-state index >= 15 is 0 Å². The maximum Gasteiger partial charge on any atom is 0.0547 e. The van der Waals surface area contributed by atoms with Gasteiger partial charge < -0.3 is 9.47 Å². The van der Waals surface area contributed by atoms with Gasteiger partial charge in [-0.05, 0) is 126 Å². The van der Waals surface area contributed by atoms with E-state index in [0.29, 0.717) is 0 Å². The molecule has 2 heteroatoms. The third-order valence-corrected chi connectivity index (χ3v) is 14.4. The first-order chi connectivity index (χ1) is 33.0. The molecule has 11 aromatic carbocycles. The minimum absolute atomic E-state index is 0.123. The standard InChI is InChI=1S/C65H46N2/c1-65(2)59-28-10-7-23-55(59)56-41-40-49(42-60(56)65)66(47-36-32-45(33-37-47)51-25-13-18-43-16-3-5-20-50(43)51)48-38-34-46(35-39-48)53-22-8-11-29-61(53)67-62-30-12-9-24-58(62)64-57(27-15-31-63(64)67)54-26-14-19-44-17-4-6-21-52(44)54/h3-42H,1-2H3. The van der Waals surface area contributed by atoms with Gasteiger partial charge >= 0.3 is 0 Å². The second kappa shape index (κ2) is 15.3. The molecule has 0 radical (unpaired) electrons. The lowest BCUT2D eigenvalue weighted by Gasteiger charge is -2.28. The molecule has 0 unspecified atom stereocenters. The average Bonchev–Trinajstić information content (AvgIpc) is 3.84. The number of aromatic nitrogens is 1. The van der Waals surface area contributed by atoms with Crippen LogP contribution in [-0.4, -0.2) is 4.57 Å². The van der Waals surface area contributed by atoms with E-state index in [-0.39, 0.29) is 5.41 Å². The largest absolute Gasteiger partial charge is 0.310 e. The molecule has 0 saturated heterocycles. The Labute approximate surface area is 391 Å². The third-order valence-electron chi connectivity index (χ3n) is 14.4. The van der Waals surface area contributed by atoms with Crippen LogP contribution in [0, 0.1) is 0 Å². The summed E-state index contributed by atoms with van der Waals surface area (Å²) < 4.78 is 2.47. The normalized spacial score (nSPS) is 12.7. The number of fused-ring (bicyclic) bond motifs is 8. The fourth-order valence-corrected chi connectivity index (χ4v) is 11.2. The monoisotopic (exact) mass is 854 g/mol. The first kappa shape index (κ1) is 39.0. The molecule has 0 fully saturated rings. The molecule has 12 aromatic rings. The van der Waals surface area contributed by atoms with Crippen molar-refractivity contribution >= 4 is 60.4 Å². The highest BCUT2D eigenvalue weighted by Gasteiger charge is 2.35. The van der Waals surface area contributed by atoms with Crippen LogP contribution in [0.15, 0.2) is 243 Å². The lowest BCUT2D eigenvalue weighted by Crippen LogP contribution is -2.16. The van der Waals surface area contributed by atoms with Crippen molar-refractivity contribution in [2.24, 2.45) is 0 Å². The molecule has 0 atom stereocenters. The van der Waals surface area contributed by atoms with Crippen LogP contribution in [0.3, 0.4) is 0 Å². The van der Waals surface area contributed by atoms with Gasteiger partial charge in [0.25, 0.3) is 0 Å². The summed E-state index contributed by atoms with van der Waals surface area (Å²) >= 11 is 0. The van der Waals surface area contributed by atoms with E-state index in [4.69, 9.17) is 0 Å². The van der Waals surface area contributed by atoms with E-state index < -0.39 is 0 Å². The van der Waals surface area contributed by atoms with E-state index in [2.05, 4.69) is 266 Å². The summed E-state index contributed by atoms with van der Waals surface area (Å²) in [7, 11) is 0. The number of rotatable bonds is 7. The van der Waals surface area contributed by atoms with E-state index in [1.807, 2.05) is 0 Å². The molecular formula is C65H46N2. The number of para-hydroxylation sites is 2. The molecule has 67 heavy (non-hydrogen) atoms. The third kappa shape index (κ3) is 6.18. The van der Waals surface area contributed by atoms with Gasteiger partial charge in [-0.1, -0.05) is 202 Å². The molecule has 0 spiro atoms. The second-order valence-corrected chi connectivity index (χ2v) is 18.5. The highest BCUT2D eigenvalue weighted by Crippen LogP contribution is 2.51. The van der Waals surface area contributed by atoms with Crippen LogP contribution >= 0.6 is 0 Å². The predicted octanol–water partition coefficient (Wildman–Crippen LogP) is 17.9. The molecular weight excluding hydrogens is 809 g/mol. The van der Waals surface area contributed by atoms with Crippen LogP contribution in [-0.2, 0) is 5.41 Å². The summed E-state index contributed by atoms with van der Waals surface area (Å²) in [6, 6.07) is 89.4. The first-order valence-corrected chi connectivity index (χ1v) is 23.3. The molecule has 1 aliphatic carbocycles. The number of hydrogen-bond donors (Lipinski definition) is 0. The molecule has 0 saturated carbocycles. The maximum atomic E-state index is 2.47. The van der Waals surface area contributed by atoms with Crippen molar-refractivity contribution in [3.63, 3.8) is 0 Å². The highest BCUT2D eigenvalue weighted by molar-refractivity contribution is 6.18. The van der Waals surface area contributed by atoms with Gasteiger partial charge in [0.05, 0.1) is 16.7 Å². The van der Waals surface area contributed by atoms with Crippen molar-refractivity contribution in [1.29, 1.82) is 0 Å². The molecule has 2 nitrogen and oxygen atoms in total. The van der Waals surface area contributed by atoms with E-state index in [1.54, 1.807) is 0 Å². The van der Waals surface area contributed by atoms with Crippen LogP contribution in [0.5, 0.6) is 0 Å². The Bertz CT molecular complexity index is 3880. The zero-order valence-electron chi connectivity index (χ0n) is 37.5. The molecule has 0 bridgehead atoms.